The van der Waals surface area contributed by atoms with Crippen molar-refractivity contribution >= 4 is 57.9 Å². The molecule has 9 heteroatoms. The summed E-state index contributed by atoms with van der Waals surface area (Å²) in [6.07, 6.45) is 0. The lowest BCUT2D eigenvalue weighted by molar-refractivity contribution is -0.132. The van der Waals surface area contributed by atoms with Crippen molar-refractivity contribution < 1.29 is 14.7 Å². The highest BCUT2D eigenvalue weighted by atomic mass is 35.5. The molecule has 0 aliphatic carbocycles. The standard InChI is InChI=1S/C23H20ClN3O3S.ClH/c1-12(2)21-25-26-23(31-21)27-18(14-6-4-13(3)5-7-14)17(20(29)22(27)30)19(28)15-8-10-16(24)11-9-15;/h4-12,18,28H,1-3H3;1H/b19-17+;. The van der Waals surface area contributed by atoms with Gasteiger partial charge in [0.05, 0.1) is 11.6 Å². The molecule has 0 spiro atoms. The molecule has 1 atom stereocenters. The molecular weight excluding hydrogens is 469 g/mol. The van der Waals surface area contributed by atoms with Gasteiger partial charge in [0.1, 0.15) is 10.8 Å². The average molecular weight is 490 g/mol. The zero-order valence-electron chi connectivity index (χ0n) is 17.6. The average Bonchev–Trinajstić information content (AvgIpc) is 3.32. The number of carbonyl (C=O) groups is 2. The summed E-state index contributed by atoms with van der Waals surface area (Å²) >= 11 is 7.22. The van der Waals surface area contributed by atoms with E-state index in [-0.39, 0.29) is 29.7 Å². The van der Waals surface area contributed by atoms with Gasteiger partial charge in [-0.3, -0.25) is 14.5 Å². The van der Waals surface area contributed by atoms with Gasteiger partial charge in [0.15, 0.2) is 0 Å². The molecule has 1 saturated heterocycles. The number of aliphatic hydroxyl groups is 1. The molecule has 1 fully saturated rings. The third kappa shape index (κ3) is 4.28. The van der Waals surface area contributed by atoms with Crippen molar-refractivity contribution in [2.75, 3.05) is 4.90 Å². The molecule has 6 nitrogen and oxygen atoms in total. The predicted molar refractivity (Wildman–Crippen MR) is 129 cm³/mol. The number of aliphatic hydroxyl groups excluding tert-OH is 1. The van der Waals surface area contributed by atoms with Gasteiger partial charge in [0.2, 0.25) is 5.13 Å². The molecular formula is C23H21Cl2N3O3S. The maximum absolute atomic E-state index is 13.1. The molecule has 4 rings (SSSR count). The van der Waals surface area contributed by atoms with Crippen molar-refractivity contribution in [2.24, 2.45) is 0 Å². The largest absolute Gasteiger partial charge is 0.507 e. The van der Waals surface area contributed by atoms with Crippen LogP contribution in [0.4, 0.5) is 5.13 Å². The summed E-state index contributed by atoms with van der Waals surface area (Å²) in [5.41, 5.74) is 2.15. The number of amides is 1. The van der Waals surface area contributed by atoms with Crippen molar-refractivity contribution in [3.05, 3.63) is 80.8 Å². The fourth-order valence-electron chi connectivity index (χ4n) is 3.41. The summed E-state index contributed by atoms with van der Waals surface area (Å²) in [6, 6.07) is 13.1. The summed E-state index contributed by atoms with van der Waals surface area (Å²) in [7, 11) is 0. The van der Waals surface area contributed by atoms with E-state index < -0.39 is 17.7 Å². The minimum Gasteiger partial charge on any atom is -0.507 e. The van der Waals surface area contributed by atoms with Crippen molar-refractivity contribution in [3.8, 4) is 0 Å². The second-order valence-corrected chi connectivity index (χ2v) is 9.09. The van der Waals surface area contributed by atoms with E-state index in [0.717, 1.165) is 10.6 Å². The molecule has 32 heavy (non-hydrogen) atoms. The minimum atomic E-state index is -0.816. The molecule has 2 heterocycles. The summed E-state index contributed by atoms with van der Waals surface area (Å²) < 4.78 is 0. The first-order chi connectivity index (χ1) is 14.8. The van der Waals surface area contributed by atoms with Crippen LogP contribution in [0.1, 0.15) is 47.5 Å². The van der Waals surface area contributed by atoms with Crippen LogP contribution in [0, 0.1) is 6.92 Å². The number of anilines is 1. The number of benzene rings is 2. The molecule has 1 unspecified atom stereocenters. The van der Waals surface area contributed by atoms with E-state index in [1.54, 1.807) is 24.3 Å². The monoisotopic (exact) mass is 489 g/mol. The molecule has 0 bridgehead atoms. The third-order valence-corrected chi connectivity index (χ3v) is 6.56. The Morgan fingerprint density at radius 1 is 1.06 bits per heavy atom. The number of ketones is 1. The van der Waals surface area contributed by atoms with Gasteiger partial charge in [0.25, 0.3) is 5.78 Å². The van der Waals surface area contributed by atoms with Crippen LogP contribution in [-0.2, 0) is 9.59 Å². The molecule has 1 amide bonds. The van der Waals surface area contributed by atoms with Crippen molar-refractivity contribution in [1.29, 1.82) is 0 Å². The molecule has 166 valence electrons. The van der Waals surface area contributed by atoms with Crippen LogP contribution in [0.3, 0.4) is 0 Å². The predicted octanol–water partition coefficient (Wildman–Crippen LogP) is 5.67. The zero-order chi connectivity index (χ0) is 22.3. The fourth-order valence-corrected chi connectivity index (χ4v) is 4.41. The van der Waals surface area contributed by atoms with Crippen LogP contribution >= 0.6 is 35.3 Å². The van der Waals surface area contributed by atoms with Gasteiger partial charge >= 0.3 is 5.91 Å². The highest BCUT2D eigenvalue weighted by Crippen LogP contribution is 2.43. The number of aromatic nitrogens is 2. The second kappa shape index (κ2) is 9.40. The Balaban J connectivity index is 0.00000289. The van der Waals surface area contributed by atoms with E-state index in [1.807, 2.05) is 45.0 Å². The highest BCUT2D eigenvalue weighted by Gasteiger charge is 2.48. The Morgan fingerprint density at radius 3 is 2.25 bits per heavy atom. The number of hydrogen-bond donors (Lipinski definition) is 1. The van der Waals surface area contributed by atoms with Crippen LogP contribution in [0.15, 0.2) is 54.1 Å². The number of aryl methyl sites for hydroxylation is 1. The van der Waals surface area contributed by atoms with E-state index in [4.69, 9.17) is 11.6 Å². The van der Waals surface area contributed by atoms with E-state index in [9.17, 15) is 14.7 Å². The van der Waals surface area contributed by atoms with Gasteiger partial charge in [-0.2, -0.15) is 0 Å². The summed E-state index contributed by atoms with van der Waals surface area (Å²) in [5.74, 6) is -1.63. The Labute approximate surface area is 201 Å². The van der Waals surface area contributed by atoms with Crippen LogP contribution < -0.4 is 4.90 Å². The molecule has 1 aliphatic rings. The van der Waals surface area contributed by atoms with Crippen LogP contribution in [0.5, 0.6) is 0 Å². The van der Waals surface area contributed by atoms with Gasteiger partial charge in [0, 0.05) is 16.5 Å². The topological polar surface area (TPSA) is 83.4 Å². The van der Waals surface area contributed by atoms with Crippen molar-refractivity contribution in [3.63, 3.8) is 0 Å². The number of Topliss-reactive ketones (excluding diaryl/α,β-unsaturated/α-hetero) is 1. The van der Waals surface area contributed by atoms with E-state index in [0.29, 0.717) is 21.3 Å². The Morgan fingerprint density at radius 2 is 1.69 bits per heavy atom. The number of hydrogen-bond acceptors (Lipinski definition) is 6. The summed E-state index contributed by atoms with van der Waals surface area (Å²) in [4.78, 5) is 27.5. The van der Waals surface area contributed by atoms with Crippen LogP contribution in [0.25, 0.3) is 5.76 Å². The summed E-state index contributed by atoms with van der Waals surface area (Å²) in [5, 5.41) is 21.0. The first-order valence-electron chi connectivity index (χ1n) is 9.75. The number of nitrogens with zero attached hydrogens (tertiary/aromatic N) is 3. The third-order valence-electron chi connectivity index (χ3n) is 5.09. The Hall–Kier alpha value is -2.74. The Bertz CT molecular complexity index is 1190. The summed E-state index contributed by atoms with van der Waals surface area (Å²) in [6.45, 7) is 5.92. The lowest BCUT2D eigenvalue weighted by Crippen LogP contribution is -2.29. The van der Waals surface area contributed by atoms with Gasteiger partial charge in [-0.25, -0.2) is 0 Å². The molecule has 2 aromatic carbocycles. The normalized spacial score (nSPS) is 17.7. The lowest BCUT2D eigenvalue weighted by Gasteiger charge is -2.22. The number of halogens is 2. The van der Waals surface area contributed by atoms with E-state index >= 15 is 0 Å². The smallest absolute Gasteiger partial charge is 0.301 e. The van der Waals surface area contributed by atoms with E-state index in [2.05, 4.69) is 10.2 Å². The first-order valence-corrected chi connectivity index (χ1v) is 10.9. The number of carbonyl (C=O) groups excluding carboxylic acids is 2. The zero-order valence-corrected chi connectivity index (χ0v) is 20.0. The SMILES string of the molecule is Cc1ccc(C2/C(=C(\O)c3ccc(Cl)cc3)C(=O)C(=O)N2c2nnc(C(C)C)s2)cc1.Cl. The second-order valence-electron chi connectivity index (χ2n) is 7.66. The minimum absolute atomic E-state index is 0. The maximum atomic E-state index is 13.1. The van der Waals surface area contributed by atoms with Gasteiger partial charge in [-0.05, 0) is 36.8 Å². The molecule has 0 radical (unpaired) electrons. The molecule has 1 aromatic heterocycles. The molecule has 0 saturated carbocycles. The van der Waals surface area contributed by atoms with Crippen molar-refractivity contribution in [2.45, 2.75) is 32.7 Å². The maximum Gasteiger partial charge on any atom is 0.301 e. The molecule has 3 aromatic rings. The Kier molecular flexibility index (Phi) is 7.03. The van der Waals surface area contributed by atoms with Crippen LogP contribution in [0.2, 0.25) is 5.02 Å². The van der Waals surface area contributed by atoms with E-state index in [1.165, 1.54) is 16.2 Å². The number of rotatable bonds is 4. The highest BCUT2D eigenvalue weighted by molar-refractivity contribution is 7.15. The van der Waals surface area contributed by atoms with Crippen molar-refractivity contribution in [1.82, 2.24) is 10.2 Å². The quantitative estimate of drug-likeness (QED) is 0.289. The molecule has 1 aliphatic heterocycles. The van der Waals surface area contributed by atoms with Crippen LogP contribution in [-0.4, -0.2) is 27.0 Å². The molecule has 1 N–H and O–H groups in total. The lowest BCUT2D eigenvalue weighted by atomic mass is 9.95. The van der Waals surface area contributed by atoms with Gasteiger partial charge in [-0.1, -0.05) is 66.6 Å². The van der Waals surface area contributed by atoms with Gasteiger partial charge in [-0.15, -0.1) is 22.6 Å². The van der Waals surface area contributed by atoms with Gasteiger partial charge < -0.3 is 5.11 Å². The fraction of sp³-hybridized carbons (Fsp3) is 0.217. The first kappa shape index (κ1) is 23.9.